The fourth-order valence-electron chi connectivity index (χ4n) is 1.37. The molecule has 1 aliphatic rings. The van der Waals surface area contributed by atoms with Gasteiger partial charge in [-0.25, -0.2) is 0 Å². The number of hydrogen-bond donors (Lipinski definition) is 1. The molecule has 3 nitrogen and oxygen atoms in total. The van der Waals surface area contributed by atoms with Crippen LogP contribution in [-0.4, -0.2) is 6.04 Å². The summed E-state index contributed by atoms with van der Waals surface area (Å²) in [6, 6.07) is 6.16. The number of rotatable bonds is 3. The molecule has 1 aromatic rings. The molecule has 2 unspecified atom stereocenters. The van der Waals surface area contributed by atoms with Gasteiger partial charge < -0.3 is 9.73 Å². The number of hydrogen-bond acceptors (Lipinski definition) is 3. The van der Waals surface area contributed by atoms with Gasteiger partial charge in [-0.1, -0.05) is 6.92 Å². The minimum absolute atomic E-state index is 0.389. The summed E-state index contributed by atoms with van der Waals surface area (Å²) in [6.45, 7) is 2.96. The quantitative estimate of drug-likeness (QED) is 0.761. The van der Waals surface area contributed by atoms with Crippen LogP contribution in [0.2, 0.25) is 0 Å². The highest BCUT2D eigenvalue weighted by Crippen LogP contribution is 2.29. The van der Waals surface area contributed by atoms with Gasteiger partial charge in [0.25, 0.3) is 0 Å². The third kappa shape index (κ3) is 1.90. The first kappa shape index (κ1) is 8.33. The Morgan fingerprint density at radius 2 is 2.46 bits per heavy atom. The van der Waals surface area contributed by atoms with Crippen LogP contribution in [-0.2, 0) is 6.54 Å². The lowest BCUT2D eigenvalue weighted by molar-refractivity contribution is 0.470. The van der Waals surface area contributed by atoms with Crippen LogP contribution in [0, 0.1) is 17.2 Å². The van der Waals surface area contributed by atoms with Gasteiger partial charge in [-0.3, -0.25) is 0 Å². The minimum atomic E-state index is 0.389. The Labute approximate surface area is 77.4 Å². The lowest BCUT2D eigenvalue weighted by atomic mass is 10.4. The molecule has 1 heterocycles. The summed E-state index contributed by atoms with van der Waals surface area (Å²) in [6.07, 6.45) is 1.26. The fourth-order valence-corrected chi connectivity index (χ4v) is 1.37. The van der Waals surface area contributed by atoms with E-state index in [0.717, 1.165) is 18.2 Å². The lowest BCUT2D eigenvalue weighted by Crippen LogP contribution is -2.16. The summed E-state index contributed by atoms with van der Waals surface area (Å²) in [5, 5.41) is 11.9. The lowest BCUT2D eigenvalue weighted by Gasteiger charge is -1.98. The van der Waals surface area contributed by atoms with Crippen LogP contribution in [0.5, 0.6) is 0 Å². The van der Waals surface area contributed by atoms with E-state index >= 15 is 0 Å². The molecular formula is C10H12N2O. The predicted octanol–water partition coefficient (Wildman–Crippen LogP) is 1.65. The molecule has 1 N–H and O–H groups in total. The monoisotopic (exact) mass is 176 g/mol. The van der Waals surface area contributed by atoms with E-state index in [1.165, 1.54) is 6.42 Å². The molecule has 0 aliphatic heterocycles. The second kappa shape index (κ2) is 3.23. The average Bonchev–Trinajstić information content (AvgIpc) is 2.68. The number of nitriles is 1. The van der Waals surface area contributed by atoms with Gasteiger partial charge in [0.05, 0.1) is 6.54 Å². The molecule has 1 aromatic heterocycles. The second-order valence-electron chi connectivity index (χ2n) is 3.58. The van der Waals surface area contributed by atoms with Crippen LogP contribution in [0.4, 0.5) is 0 Å². The van der Waals surface area contributed by atoms with E-state index in [-0.39, 0.29) is 0 Å². The van der Waals surface area contributed by atoms with Crippen LogP contribution in [0.15, 0.2) is 16.5 Å². The van der Waals surface area contributed by atoms with Crippen LogP contribution in [0.3, 0.4) is 0 Å². The van der Waals surface area contributed by atoms with Gasteiger partial charge in [-0.2, -0.15) is 5.26 Å². The molecule has 0 spiro atoms. The molecule has 0 amide bonds. The number of nitrogens with one attached hydrogen (secondary N) is 1. The van der Waals surface area contributed by atoms with Crippen molar-refractivity contribution in [3.05, 3.63) is 23.7 Å². The first-order valence-corrected chi connectivity index (χ1v) is 4.52. The zero-order chi connectivity index (χ0) is 9.26. The normalized spacial score (nSPS) is 25.5. The van der Waals surface area contributed by atoms with E-state index in [1.54, 1.807) is 6.07 Å². The Balaban J connectivity index is 1.84. The first-order valence-electron chi connectivity index (χ1n) is 4.52. The van der Waals surface area contributed by atoms with Crippen LogP contribution in [0.1, 0.15) is 24.9 Å². The first-order chi connectivity index (χ1) is 6.29. The summed E-state index contributed by atoms with van der Waals surface area (Å²) < 4.78 is 5.22. The Hall–Kier alpha value is -1.27. The summed E-state index contributed by atoms with van der Waals surface area (Å²) in [4.78, 5) is 0. The number of furan rings is 1. The maximum atomic E-state index is 8.52. The standard InChI is InChI=1S/C10H12N2O/c1-7-4-10(7)12-6-9-3-2-8(5-11)13-9/h2-3,7,10,12H,4,6H2,1H3. The van der Waals surface area contributed by atoms with E-state index in [2.05, 4.69) is 12.2 Å². The van der Waals surface area contributed by atoms with E-state index in [9.17, 15) is 0 Å². The minimum Gasteiger partial charge on any atom is -0.449 e. The third-order valence-electron chi connectivity index (χ3n) is 2.42. The van der Waals surface area contributed by atoms with Crippen molar-refractivity contribution in [3.63, 3.8) is 0 Å². The molecule has 13 heavy (non-hydrogen) atoms. The topological polar surface area (TPSA) is 49.0 Å². The van der Waals surface area contributed by atoms with Gasteiger partial charge in [0.1, 0.15) is 11.8 Å². The maximum absolute atomic E-state index is 8.52. The summed E-state index contributed by atoms with van der Waals surface area (Å²) in [7, 11) is 0. The Morgan fingerprint density at radius 3 is 3.00 bits per heavy atom. The summed E-state index contributed by atoms with van der Waals surface area (Å²) in [5.74, 6) is 2.03. The number of nitrogens with zero attached hydrogens (tertiary/aromatic N) is 1. The van der Waals surface area contributed by atoms with E-state index in [0.29, 0.717) is 11.8 Å². The Kier molecular flexibility index (Phi) is 2.07. The molecule has 1 saturated carbocycles. The van der Waals surface area contributed by atoms with E-state index < -0.39 is 0 Å². The van der Waals surface area contributed by atoms with E-state index in [4.69, 9.17) is 9.68 Å². The highest BCUT2D eigenvalue weighted by molar-refractivity contribution is 5.19. The Bertz CT molecular complexity index is 337. The molecule has 0 aromatic carbocycles. The molecule has 3 heteroatoms. The van der Waals surface area contributed by atoms with Crippen molar-refractivity contribution in [2.75, 3.05) is 0 Å². The van der Waals surface area contributed by atoms with Gasteiger partial charge in [-0.05, 0) is 24.5 Å². The van der Waals surface area contributed by atoms with Crippen LogP contribution >= 0.6 is 0 Å². The maximum Gasteiger partial charge on any atom is 0.203 e. The van der Waals surface area contributed by atoms with Gasteiger partial charge in [0, 0.05) is 6.04 Å². The molecule has 1 fully saturated rings. The van der Waals surface area contributed by atoms with Crippen LogP contribution < -0.4 is 5.32 Å². The third-order valence-corrected chi connectivity index (χ3v) is 2.42. The van der Waals surface area contributed by atoms with Crippen LogP contribution in [0.25, 0.3) is 0 Å². The zero-order valence-electron chi connectivity index (χ0n) is 7.58. The van der Waals surface area contributed by atoms with Crippen molar-refractivity contribution >= 4 is 0 Å². The highest BCUT2D eigenvalue weighted by atomic mass is 16.3. The predicted molar refractivity (Wildman–Crippen MR) is 47.8 cm³/mol. The molecule has 0 radical (unpaired) electrons. The molecule has 0 saturated heterocycles. The fraction of sp³-hybridized carbons (Fsp3) is 0.500. The molecule has 68 valence electrons. The van der Waals surface area contributed by atoms with Gasteiger partial charge in [-0.15, -0.1) is 0 Å². The smallest absolute Gasteiger partial charge is 0.203 e. The van der Waals surface area contributed by atoms with E-state index in [1.807, 2.05) is 12.1 Å². The summed E-state index contributed by atoms with van der Waals surface area (Å²) in [5.41, 5.74) is 0. The molecule has 0 bridgehead atoms. The largest absolute Gasteiger partial charge is 0.449 e. The molecule has 1 aliphatic carbocycles. The zero-order valence-corrected chi connectivity index (χ0v) is 7.58. The SMILES string of the molecule is CC1CC1NCc1ccc(C#N)o1. The molecule has 2 rings (SSSR count). The van der Waals surface area contributed by atoms with Gasteiger partial charge in [0.2, 0.25) is 5.76 Å². The summed E-state index contributed by atoms with van der Waals surface area (Å²) >= 11 is 0. The van der Waals surface area contributed by atoms with Crippen molar-refractivity contribution < 1.29 is 4.42 Å². The molecule has 2 atom stereocenters. The van der Waals surface area contributed by atoms with Crippen molar-refractivity contribution in [2.24, 2.45) is 5.92 Å². The van der Waals surface area contributed by atoms with Gasteiger partial charge >= 0.3 is 0 Å². The van der Waals surface area contributed by atoms with Crippen molar-refractivity contribution in [1.29, 1.82) is 5.26 Å². The van der Waals surface area contributed by atoms with Crippen molar-refractivity contribution in [2.45, 2.75) is 25.9 Å². The molecular weight excluding hydrogens is 164 g/mol. The van der Waals surface area contributed by atoms with Crippen molar-refractivity contribution in [3.8, 4) is 6.07 Å². The average molecular weight is 176 g/mol. The van der Waals surface area contributed by atoms with Crippen molar-refractivity contribution in [1.82, 2.24) is 5.32 Å². The highest BCUT2D eigenvalue weighted by Gasteiger charge is 2.31. The van der Waals surface area contributed by atoms with Gasteiger partial charge in [0.15, 0.2) is 0 Å². The Morgan fingerprint density at radius 1 is 1.69 bits per heavy atom. The second-order valence-corrected chi connectivity index (χ2v) is 3.58.